The minimum Gasteiger partial charge on any atom is -0.459 e. The Morgan fingerprint density at radius 2 is 2.05 bits per heavy atom. The summed E-state index contributed by atoms with van der Waals surface area (Å²) in [7, 11) is 0. The summed E-state index contributed by atoms with van der Waals surface area (Å²) < 4.78 is 10.2. The van der Waals surface area contributed by atoms with Crippen LogP contribution in [0, 0.1) is 6.92 Å². The third kappa shape index (κ3) is 3.22. The van der Waals surface area contributed by atoms with Gasteiger partial charge in [-0.2, -0.15) is 4.98 Å². The van der Waals surface area contributed by atoms with Crippen molar-refractivity contribution in [2.45, 2.75) is 13.3 Å². The van der Waals surface area contributed by atoms with Crippen molar-refractivity contribution >= 4 is 5.91 Å². The number of hydrogen-bond acceptors (Lipinski definition) is 5. The Kier molecular flexibility index (Phi) is 4.00. The summed E-state index contributed by atoms with van der Waals surface area (Å²) in [5.74, 6) is 1.05. The number of amides is 1. The summed E-state index contributed by atoms with van der Waals surface area (Å²) in [5.41, 5.74) is 2.08. The van der Waals surface area contributed by atoms with Gasteiger partial charge < -0.3 is 14.3 Å². The van der Waals surface area contributed by atoms with Crippen LogP contribution in [-0.2, 0) is 6.42 Å². The number of aromatic nitrogens is 2. The van der Waals surface area contributed by atoms with Crippen LogP contribution < -0.4 is 5.32 Å². The predicted molar refractivity (Wildman–Crippen MR) is 79.2 cm³/mol. The zero-order chi connectivity index (χ0) is 15.4. The molecule has 1 aromatic carbocycles. The monoisotopic (exact) mass is 297 g/mol. The largest absolute Gasteiger partial charge is 0.459 e. The van der Waals surface area contributed by atoms with Crippen molar-refractivity contribution in [3.8, 4) is 11.4 Å². The zero-order valence-electron chi connectivity index (χ0n) is 12.1. The van der Waals surface area contributed by atoms with E-state index < -0.39 is 0 Å². The highest BCUT2D eigenvalue weighted by Gasteiger charge is 2.10. The van der Waals surface area contributed by atoms with Gasteiger partial charge in [0, 0.05) is 18.5 Å². The van der Waals surface area contributed by atoms with E-state index in [4.69, 9.17) is 8.94 Å². The molecule has 1 amide bonds. The number of carbonyl (C=O) groups excluding carboxylic acids is 1. The molecule has 0 aliphatic rings. The molecule has 0 aliphatic heterocycles. The van der Waals surface area contributed by atoms with Crippen molar-refractivity contribution in [3.63, 3.8) is 0 Å². The lowest BCUT2D eigenvalue weighted by Gasteiger charge is -1.99. The fraction of sp³-hybridized carbons (Fsp3) is 0.188. The molecule has 2 heterocycles. The Balaban J connectivity index is 1.56. The summed E-state index contributed by atoms with van der Waals surface area (Å²) in [6, 6.07) is 11.2. The summed E-state index contributed by atoms with van der Waals surface area (Å²) in [6.45, 7) is 2.42. The smallest absolute Gasteiger partial charge is 0.286 e. The van der Waals surface area contributed by atoms with Crippen molar-refractivity contribution in [2.75, 3.05) is 6.54 Å². The van der Waals surface area contributed by atoms with Crippen LogP contribution in [0.1, 0.15) is 22.0 Å². The Labute approximate surface area is 127 Å². The fourth-order valence-corrected chi connectivity index (χ4v) is 1.95. The molecule has 6 heteroatoms. The average Bonchev–Trinajstić information content (AvgIpc) is 3.19. The van der Waals surface area contributed by atoms with Crippen LogP contribution in [-0.4, -0.2) is 22.6 Å². The van der Waals surface area contributed by atoms with E-state index in [0.29, 0.717) is 24.7 Å². The van der Waals surface area contributed by atoms with Crippen LogP contribution in [0.2, 0.25) is 0 Å². The first-order chi connectivity index (χ1) is 10.7. The second-order valence-corrected chi connectivity index (χ2v) is 4.86. The first-order valence-corrected chi connectivity index (χ1v) is 6.94. The van der Waals surface area contributed by atoms with E-state index in [1.807, 2.05) is 31.2 Å². The van der Waals surface area contributed by atoms with Crippen molar-refractivity contribution in [2.24, 2.45) is 0 Å². The third-order valence-corrected chi connectivity index (χ3v) is 3.15. The topological polar surface area (TPSA) is 81.2 Å². The maximum absolute atomic E-state index is 11.7. The SMILES string of the molecule is Cc1ccc(-c2noc(CCNC(=O)c3ccco3)n2)cc1. The molecule has 3 aromatic rings. The van der Waals surface area contributed by atoms with E-state index in [-0.39, 0.29) is 11.7 Å². The van der Waals surface area contributed by atoms with Crippen LogP contribution in [0.5, 0.6) is 0 Å². The number of hydrogen-bond donors (Lipinski definition) is 1. The zero-order valence-corrected chi connectivity index (χ0v) is 12.1. The minimum atomic E-state index is -0.261. The Hall–Kier alpha value is -2.89. The van der Waals surface area contributed by atoms with Crippen LogP contribution in [0.25, 0.3) is 11.4 Å². The van der Waals surface area contributed by atoms with Crippen LogP contribution in [0.3, 0.4) is 0 Å². The molecule has 0 radical (unpaired) electrons. The van der Waals surface area contributed by atoms with Crippen molar-refractivity contribution in [1.29, 1.82) is 0 Å². The highest BCUT2D eigenvalue weighted by Crippen LogP contribution is 2.16. The Bertz CT molecular complexity index is 745. The molecule has 0 saturated heterocycles. The van der Waals surface area contributed by atoms with E-state index in [1.54, 1.807) is 12.1 Å². The molecule has 0 atom stereocenters. The van der Waals surface area contributed by atoms with Gasteiger partial charge in [0.05, 0.1) is 6.26 Å². The number of nitrogens with zero attached hydrogens (tertiary/aromatic N) is 2. The van der Waals surface area contributed by atoms with Crippen molar-refractivity contribution < 1.29 is 13.7 Å². The van der Waals surface area contributed by atoms with Gasteiger partial charge in [0.2, 0.25) is 11.7 Å². The van der Waals surface area contributed by atoms with Gasteiger partial charge in [0.25, 0.3) is 5.91 Å². The van der Waals surface area contributed by atoms with Crippen LogP contribution in [0.15, 0.2) is 51.6 Å². The average molecular weight is 297 g/mol. The van der Waals surface area contributed by atoms with Crippen molar-refractivity contribution in [3.05, 3.63) is 59.9 Å². The normalized spacial score (nSPS) is 10.6. The molecule has 6 nitrogen and oxygen atoms in total. The highest BCUT2D eigenvalue weighted by molar-refractivity contribution is 5.91. The van der Waals surface area contributed by atoms with Crippen LogP contribution in [0.4, 0.5) is 0 Å². The Morgan fingerprint density at radius 3 is 2.77 bits per heavy atom. The number of furan rings is 1. The molecule has 1 N–H and O–H groups in total. The van der Waals surface area contributed by atoms with E-state index in [1.165, 1.54) is 11.8 Å². The van der Waals surface area contributed by atoms with Crippen LogP contribution >= 0.6 is 0 Å². The molecule has 0 saturated carbocycles. The van der Waals surface area contributed by atoms with Gasteiger partial charge in [-0.1, -0.05) is 35.0 Å². The molecule has 0 bridgehead atoms. The van der Waals surface area contributed by atoms with Crippen molar-refractivity contribution in [1.82, 2.24) is 15.5 Å². The summed E-state index contributed by atoms with van der Waals surface area (Å²) in [4.78, 5) is 16.0. The molecular formula is C16H15N3O3. The molecule has 0 aliphatic carbocycles. The van der Waals surface area contributed by atoms with E-state index >= 15 is 0 Å². The lowest BCUT2D eigenvalue weighted by molar-refractivity contribution is 0.0925. The molecule has 0 unspecified atom stereocenters. The quantitative estimate of drug-likeness (QED) is 0.783. The van der Waals surface area contributed by atoms with E-state index in [0.717, 1.165) is 5.56 Å². The summed E-state index contributed by atoms with van der Waals surface area (Å²) >= 11 is 0. The summed E-state index contributed by atoms with van der Waals surface area (Å²) in [5, 5.41) is 6.68. The number of carbonyl (C=O) groups is 1. The minimum absolute atomic E-state index is 0.261. The first kappa shape index (κ1) is 14.1. The first-order valence-electron chi connectivity index (χ1n) is 6.94. The lowest BCUT2D eigenvalue weighted by atomic mass is 10.1. The van der Waals surface area contributed by atoms with Gasteiger partial charge >= 0.3 is 0 Å². The maximum Gasteiger partial charge on any atom is 0.286 e. The van der Waals surface area contributed by atoms with Gasteiger partial charge in [0.1, 0.15) is 0 Å². The van der Waals surface area contributed by atoms with E-state index in [2.05, 4.69) is 15.5 Å². The van der Waals surface area contributed by atoms with E-state index in [9.17, 15) is 4.79 Å². The summed E-state index contributed by atoms with van der Waals surface area (Å²) in [6.07, 6.45) is 1.92. The molecule has 2 aromatic heterocycles. The fourth-order valence-electron chi connectivity index (χ4n) is 1.95. The van der Waals surface area contributed by atoms with Gasteiger partial charge in [0.15, 0.2) is 5.76 Å². The molecule has 112 valence electrons. The van der Waals surface area contributed by atoms with Gasteiger partial charge in [-0.3, -0.25) is 4.79 Å². The molecule has 0 fully saturated rings. The third-order valence-electron chi connectivity index (χ3n) is 3.15. The van der Waals surface area contributed by atoms with Gasteiger partial charge in [-0.15, -0.1) is 0 Å². The number of nitrogens with one attached hydrogen (secondary N) is 1. The second-order valence-electron chi connectivity index (χ2n) is 4.86. The Morgan fingerprint density at radius 1 is 1.23 bits per heavy atom. The number of benzene rings is 1. The number of rotatable bonds is 5. The molecule has 3 rings (SSSR count). The molecule has 22 heavy (non-hydrogen) atoms. The van der Waals surface area contributed by atoms with Gasteiger partial charge in [-0.25, -0.2) is 0 Å². The predicted octanol–water partition coefficient (Wildman–Crippen LogP) is 2.61. The van der Waals surface area contributed by atoms with Gasteiger partial charge in [-0.05, 0) is 19.1 Å². The standard InChI is InChI=1S/C16H15N3O3/c1-11-4-6-12(7-5-11)15-18-14(22-19-15)8-9-17-16(20)13-3-2-10-21-13/h2-7,10H,8-9H2,1H3,(H,17,20). The number of aryl methyl sites for hydroxylation is 1. The maximum atomic E-state index is 11.7. The second kappa shape index (κ2) is 6.26. The lowest BCUT2D eigenvalue weighted by Crippen LogP contribution is -2.25. The molecular weight excluding hydrogens is 282 g/mol. The highest BCUT2D eigenvalue weighted by atomic mass is 16.5. The molecule has 0 spiro atoms.